The molecular weight excluding hydrogens is 529 g/mol. The zero-order valence-corrected chi connectivity index (χ0v) is 21.9. The van der Waals surface area contributed by atoms with Crippen molar-refractivity contribution in [3.63, 3.8) is 0 Å². The van der Waals surface area contributed by atoms with E-state index in [9.17, 15) is 26.4 Å². The number of benzene rings is 3. The zero-order chi connectivity index (χ0) is 27.4. The van der Waals surface area contributed by atoms with Gasteiger partial charge in [-0.3, -0.25) is 9.10 Å². The normalized spacial score (nSPS) is 11.9. The Hall–Kier alpha value is -3.24. The predicted molar refractivity (Wildman–Crippen MR) is 136 cm³/mol. The number of carbonyl (C=O) groups excluding carboxylic acids is 1. The van der Waals surface area contributed by atoms with Gasteiger partial charge in [0.15, 0.2) is 0 Å². The lowest BCUT2D eigenvalue weighted by molar-refractivity contribution is -0.137. The Balaban J connectivity index is 1.88. The van der Waals surface area contributed by atoms with Crippen LogP contribution in [0.1, 0.15) is 30.5 Å². The van der Waals surface area contributed by atoms with Gasteiger partial charge in [-0.15, -0.1) is 0 Å². The molecule has 0 fully saturated rings. The van der Waals surface area contributed by atoms with E-state index in [0.717, 1.165) is 23.3 Å². The topological polar surface area (TPSA) is 75.7 Å². The van der Waals surface area contributed by atoms with Crippen molar-refractivity contribution in [3.05, 3.63) is 88.4 Å². The Kier molecular flexibility index (Phi) is 8.76. The number of hydrogen-bond donors (Lipinski definition) is 1. The number of alkyl halides is 3. The van der Waals surface area contributed by atoms with E-state index in [4.69, 9.17) is 16.3 Å². The highest BCUT2D eigenvalue weighted by Crippen LogP contribution is 2.38. The molecular formula is C26H26ClF3N2O4S. The monoisotopic (exact) mass is 554 g/mol. The number of nitrogens with zero attached hydrogens (tertiary/aromatic N) is 1. The van der Waals surface area contributed by atoms with Crippen LogP contribution in [0.15, 0.2) is 71.6 Å². The van der Waals surface area contributed by atoms with Crippen molar-refractivity contribution in [3.8, 4) is 5.75 Å². The summed E-state index contributed by atoms with van der Waals surface area (Å²) >= 11 is 5.72. The van der Waals surface area contributed by atoms with Crippen LogP contribution < -0.4 is 14.4 Å². The molecule has 0 aliphatic carbocycles. The second-order valence-corrected chi connectivity index (χ2v) is 10.8. The van der Waals surface area contributed by atoms with Gasteiger partial charge in [-0.1, -0.05) is 41.4 Å². The number of hydrogen-bond acceptors (Lipinski definition) is 4. The maximum atomic E-state index is 13.5. The highest BCUT2D eigenvalue weighted by molar-refractivity contribution is 7.92. The van der Waals surface area contributed by atoms with Gasteiger partial charge in [-0.05, 0) is 68.8 Å². The van der Waals surface area contributed by atoms with Crippen molar-refractivity contribution in [2.24, 2.45) is 0 Å². The van der Waals surface area contributed by atoms with Crippen molar-refractivity contribution in [1.82, 2.24) is 5.32 Å². The van der Waals surface area contributed by atoms with Gasteiger partial charge >= 0.3 is 6.18 Å². The maximum absolute atomic E-state index is 13.5. The molecule has 0 aromatic heterocycles. The molecule has 0 saturated heterocycles. The highest BCUT2D eigenvalue weighted by atomic mass is 35.5. The van der Waals surface area contributed by atoms with Gasteiger partial charge in [0, 0.05) is 6.54 Å². The summed E-state index contributed by atoms with van der Waals surface area (Å²) in [5.41, 5.74) is -0.0373. The van der Waals surface area contributed by atoms with Crippen LogP contribution in [-0.2, 0) is 27.5 Å². The van der Waals surface area contributed by atoms with Gasteiger partial charge in [0.05, 0.1) is 27.3 Å². The molecule has 3 aromatic carbocycles. The van der Waals surface area contributed by atoms with E-state index in [1.807, 2.05) is 13.8 Å². The number of anilines is 1. The van der Waals surface area contributed by atoms with Crippen LogP contribution >= 0.6 is 11.6 Å². The molecule has 0 saturated carbocycles. The average Bonchev–Trinajstić information content (AvgIpc) is 2.82. The van der Waals surface area contributed by atoms with E-state index in [1.165, 1.54) is 12.1 Å². The molecule has 198 valence electrons. The lowest BCUT2D eigenvalue weighted by Crippen LogP contribution is -2.40. The number of ether oxygens (including phenoxy) is 1. The number of sulfonamides is 1. The number of halogens is 4. The second-order valence-electron chi connectivity index (χ2n) is 8.57. The number of rotatable bonds is 9. The van der Waals surface area contributed by atoms with Crippen molar-refractivity contribution in [2.45, 2.75) is 44.5 Å². The molecule has 0 unspecified atom stereocenters. The van der Waals surface area contributed by atoms with E-state index in [1.54, 1.807) is 43.3 Å². The van der Waals surface area contributed by atoms with E-state index in [2.05, 4.69) is 5.32 Å². The SMILES string of the molecule is Cc1ccc(S(=O)(=O)N(CC(=O)NCc2ccc(OC(C)C)cc2)c2ccc(Cl)c(C(F)(F)F)c2)cc1. The predicted octanol–water partition coefficient (Wildman–Crippen LogP) is 5.97. The first kappa shape index (κ1) is 28.3. The van der Waals surface area contributed by atoms with Crippen molar-refractivity contribution in [1.29, 1.82) is 0 Å². The molecule has 0 aliphatic heterocycles. The second kappa shape index (κ2) is 11.4. The van der Waals surface area contributed by atoms with Crippen LogP contribution in [0.2, 0.25) is 5.02 Å². The molecule has 37 heavy (non-hydrogen) atoms. The van der Waals surface area contributed by atoms with Gasteiger partial charge in [0.1, 0.15) is 12.3 Å². The lowest BCUT2D eigenvalue weighted by atomic mass is 10.2. The summed E-state index contributed by atoms with van der Waals surface area (Å²) in [6.07, 6.45) is -4.82. The van der Waals surface area contributed by atoms with Crippen LogP contribution in [0.3, 0.4) is 0 Å². The van der Waals surface area contributed by atoms with E-state index >= 15 is 0 Å². The number of aryl methyl sites for hydroxylation is 1. The van der Waals surface area contributed by atoms with Crippen molar-refractivity contribution < 1.29 is 31.1 Å². The Morgan fingerprint density at radius 3 is 2.22 bits per heavy atom. The Labute approximate surface area is 219 Å². The van der Waals surface area contributed by atoms with Crippen molar-refractivity contribution in [2.75, 3.05) is 10.8 Å². The molecule has 0 aliphatic rings. The first-order valence-electron chi connectivity index (χ1n) is 11.3. The largest absolute Gasteiger partial charge is 0.491 e. The van der Waals surface area contributed by atoms with Gasteiger partial charge in [0.25, 0.3) is 10.0 Å². The highest BCUT2D eigenvalue weighted by Gasteiger charge is 2.35. The van der Waals surface area contributed by atoms with Gasteiger partial charge in [0.2, 0.25) is 5.91 Å². The first-order valence-corrected chi connectivity index (χ1v) is 13.1. The first-order chi connectivity index (χ1) is 17.3. The van der Waals surface area contributed by atoms with Crippen LogP contribution in [0.25, 0.3) is 0 Å². The molecule has 0 spiro atoms. The van der Waals surface area contributed by atoms with Crippen LogP contribution in [0, 0.1) is 6.92 Å². The number of amides is 1. The minimum absolute atomic E-state index is 0.00209. The number of carbonyl (C=O) groups is 1. The quantitative estimate of drug-likeness (QED) is 0.354. The minimum Gasteiger partial charge on any atom is -0.491 e. The number of nitrogens with one attached hydrogen (secondary N) is 1. The zero-order valence-electron chi connectivity index (χ0n) is 20.3. The summed E-state index contributed by atoms with van der Waals surface area (Å²) in [4.78, 5) is 12.6. The van der Waals surface area contributed by atoms with Gasteiger partial charge < -0.3 is 10.1 Å². The average molecular weight is 555 g/mol. The summed E-state index contributed by atoms with van der Waals surface area (Å²) < 4.78 is 73.6. The molecule has 1 N–H and O–H groups in total. The van der Waals surface area contributed by atoms with E-state index < -0.39 is 39.2 Å². The third-order valence-electron chi connectivity index (χ3n) is 5.22. The third-order valence-corrected chi connectivity index (χ3v) is 7.34. The van der Waals surface area contributed by atoms with E-state index in [0.29, 0.717) is 16.1 Å². The Bertz CT molecular complexity index is 1340. The summed E-state index contributed by atoms with van der Waals surface area (Å²) in [5, 5.41) is 2.03. The summed E-state index contributed by atoms with van der Waals surface area (Å²) in [7, 11) is -4.40. The fourth-order valence-electron chi connectivity index (χ4n) is 3.38. The van der Waals surface area contributed by atoms with Crippen LogP contribution in [0.5, 0.6) is 5.75 Å². The summed E-state index contributed by atoms with van der Waals surface area (Å²) in [6, 6.07) is 15.4. The van der Waals surface area contributed by atoms with Crippen LogP contribution in [0.4, 0.5) is 18.9 Å². The lowest BCUT2D eigenvalue weighted by Gasteiger charge is -2.25. The summed E-state index contributed by atoms with van der Waals surface area (Å²) in [5.74, 6) is -0.0506. The Morgan fingerprint density at radius 2 is 1.65 bits per heavy atom. The standard InChI is InChI=1S/C26H26ClF3N2O4S/c1-17(2)36-21-9-6-19(7-10-21)15-31-25(33)16-32(37(34,35)22-11-4-18(3)5-12-22)20-8-13-24(27)23(14-20)26(28,29)30/h4-14,17H,15-16H2,1-3H3,(H,31,33). The maximum Gasteiger partial charge on any atom is 0.417 e. The van der Waals surface area contributed by atoms with Gasteiger partial charge in [-0.2, -0.15) is 13.2 Å². The minimum atomic E-state index is -4.82. The smallest absolute Gasteiger partial charge is 0.417 e. The fraction of sp³-hybridized carbons (Fsp3) is 0.269. The Morgan fingerprint density at radius 1 is 1.03 bits per heavy atom. The molecule has 0 radical (unpaired) electrons. The van der Waals surface area contributed by atoms with Crippen LogP contribution in [-0.4, -0.2) is 27.0 Å². The molecule has 0 atom stereocenters. The summed E-state index contributed by atoms with van der Waals surface area (Å²) in [6.45, 7) is 4.88. The molecule has 11 heteroatoms. The molecule has 0 heterocycles. The van der Waals surface area contributed by atoms with E-state index in [-0.39, 0.29) is 23.2 Å². The van der Waals surface area contributed by atoms with Gasteiger partial charge in [-0.25, -0.2) is 8.42 Å². The van der Waals surface area contributed by atoms with Crippen molar-refractivity contribution >= 4 is 33.2 Å². The molecule has 1 amide bonds. The third kappa shape index (κ3) is 7.39. The molecule has 6 nitrogen and oxygen atoms in total. The molecule has 3 aromatic rings. The fourth-order valence-corrected chi connectivity index (χ4v) is 5.02. The molecule has 0 bridgehead atoms. The molecule has 3 rings (SSSR count).